The number of piperidine rings is 1. The van der Waals surface area contributed by atoms with Crippen LogP contribution in [-0.4, -0.2) is 57.0 Å². The van der Waals surface area contributed by atoms with Gasteiger partial charge in [-0.3, -0.25) is 0 Å². The lowest BCUT2D eigenvalue weighted by Gasteiger charge is -2.38. The molecule has 180 valence electrons. The highest BCUT2D eigenvalue weighted by Gasteiger charge is 2.33. The first-order chi connectivity index (χ1) is 17.6. The molecule has 0 spiro atoms. The topological polar surface area (TPSA) is 101 Å². The number of aromatic nitrogens is 5. The van der Waals surface area contributed by atoms with Crippen molar-refractivity contribution in [2.75, 3.05) is 31.7 Å². The van der Waals surface area contributed by atoms with Gasteiger partial charge in [-0.05, 0) is 25.1 Å². The molecule has 36 heavy (non-hydrogen) atoms. The first-order valence-electron chi connectivity index (χ1n) is 11.7. The van der Waals surface area contributed by atoms with E-state index in [0.29, 0.717) is 17.9 Å². The lowest BCUT2D eigenvalue weighted by molar-refractivity contribution is 0.0207. The molecule has 0 radical (unpaired) electrons. The summed E-state index contributed by atoms with van der Waals surface area (Å²) in [4.78, 5) is 15.0. The second-order valence-corrected chi connectivity index (χ2v) is 8.45. The molecule has 0 aliphatic carbocycles. The van der Waals surface area contributed by atoms with Gasteiger partial charge >= 0.3 is 0 Å². The van der Waals surface area contributed by atoms with Crippen LogP contribution in [0.5, 0.6) is 5.75 Å². The number of ether oxygens (including phenoxy) is 2. The van der Waals surface area contributed by atoms with E-state index in [4.69, 9.17) is 14.5 Å². The molecule has 1 fully saturated rings. The standard InChI is InChI=1S/C27H25N7O2/c1-3-36-23-12-24(26-22(13-28)17-32-34(26)18-23)21-4-5-25(31-16-21)33-10-8-27(35-2,9-11-33)7-6-20-14-29-19-30-15-20/h4-5,12,14-19H,3,8-11H2,1-2H3. The third-order valence-corrected chi connectivity index (χ3v) is 6.36. The van der Waals surface area contributed by atoms with Gasteiger partial charge in [-0.15, -0.1) is 0 Å². The van der Waals surface area contributed by atoms with Crippen LogP contribution < -0.4 is 9.64 Å². The van der Waals surface area contributed by atoms with Gasteiger partial charge in [0.15, 0.2) is 0 Å². The van der Waals surface area contributed by atoms with E-state index < -0.39 is 5.60 Å². The number of nitrogens with zero attached hydrogens (tertiary/aromatic N) is 7. The summed E-state index contributed by atoms with van der Waals surface area (Å²) < 4.78 is 13.2. The fraction of sp³-hybridized carbons (Fsp3) is 0.296. The lowest BCUT2D eigenvalue weighted by Crippen LogP contribution is -2.45. The van der Waals surface area contributed by atoms with Gasteiger partial charge in [-0.1, -0.05) is 11.8 Å². The van der Waals surface area contributed by atoms with Crippen LogP contribution in [-0.2, 0) is 4.74 Å². The van der Waals surface area contributed by atoms with Crippen LogP contribution in [0.1, 0.15) is 30.9 Å². The average molecular weight is 480 g/mol. The number of nitriles is 1. The molecular formula is C27H25N7O2. The van der Waals surface area contributed by atoms with Gasteiger partial charge in [0.2, 0.25) is 0 Å². The molecule has 4 aromatic rings. The Morgan fingerprint density at radius 1 is 1.11 bits per heavy atom. The Labute approximate surface area is 209 Å². The summed E-state index contributed by atoms with van der Waals surface area (Å²) in [5, 5.41) is 13.9. The highest BCUT2D eigenvalue weighted by atomic mass is 16.5. The van der Waals surface area contributed by atoms with Crippen LogP contribution in [0.3, 0.4) is 0 Å². The Morgan fingerprint density at radius 2 is 1.92 bits per heavy atom. The monoisotopic (exact) mass is 479 g/mol. The zero-order valence-corrected chi connectivity index (χ0v) is 20.2. The van der Waals surface area contributed by atoms with E-state index in [2.05, 4.69) is 37.9 Å². The van der Waals surface area contributed by atoms with Crippen LogP contribution in [0.15, 0.2) is 55.5 Å². The molecule has 0 saturated carbocycles. The van der Waals surface area contributed by atoms with Crippen molar-refractivity contribution in [2.24, 2.45) is 0 Å². The van der Waals surface area contributed by atoms with Crippen LogP contribution in [0, 0.1) is 23.2 Å². The van der Waals surface area contributed by atoms with Gasteiger partial charge in [-0.25, -0.2) is 19.5 Å². The second-order valence-electron chi connectivity index (χ2n) is 8.45. The van der Waals surface area contributed by atoms with Crippen LogP contribution in [0.25, 0.3) is 16.6 Å². The van der Waals surface area contributed by atoms with Crippen molar-refractivity contribution in [3.05, 3.63) is 66.6 Å². The Kier molecular flexibility index (Phi) is 6.48. The van der Waals surface area contributed by atoms with Gasteiger partial charge in [0.1, 0.15) is 29.6 Å². The fourth-order valence-electron chi connectivity index (χ4n) is 4.40. The van der Waals surface area contributed by atoms with Crippen molar-refractivity contribution in [3.8, 4) is 34.8 Å². The van der Waals surface area contributed by atoms with E-state index in [1.165, 1.54) is 6.33 Å². The van der Waals surface area contributed by atoms with Crippen molar-refractivity contribution in [1.82, 2.24) is 24.6 Å². The van der Waals surface area contributed by atoms with Crippen molar-refractivity contribution in [1.29, 1.82) is 5.26 Å². The molecule has 0 aromatic carbocycles. The molecule has 0 amide bonds. The van der Waals surface area contributed by atoms with Crippen LogP contribution in [0.4, 0.5) is 5.82 Å². The number of rotatable bonds is 5. The molecule has 0 atom stereocenters. The molecule has 1 aliphatic heterocycles. The maximum atomic E-state index is 9.57. The maximum Gasteiger partial charge on any atom is 0.138 e. The van der Waals surface area contributed by atoms with Gasteiger partial charge < -0.3 is 14.4 Å². The molecule has 5 rings (SSSR count). The summed E-state index contributed by atoms with van der Waals surface area (Å²) in [5.41, 5.74) is 3.25. The van der Waals surface area contributed by atoms with Gasteiger partial charge in [0.05, 0.1) is 35.6 Å². The van der Waals surface area contributed by atoms with Crippen LogP contribution in [0.2, 0.25) is 0 Å². The third kappa shape index (κ3) is 4.57. The molecule has 9 nitrogen and oxygen atoms in total. The first-order valence-corrected chi connectivity index (χ1v) is 11.7. The quantitative estimate of drug-likeness (QED) is 0.401. The molecular weight excluding hydrogens is 454 g/mol. The van der Waals surface area contributed by atoms with E-state index in [1.54, 1.807) is 36.4 Å². The number of hydrogen-bond acceptors (Lipinski definition) is 8. The number of pyridine rings is 2. The van der Waals surface area contributed by atoms with E-state index in [0.717, 1.165) is 54.0 Å². The second kappa shape index (κ2) is 10.0. The number of hydrogen-bond donors (Lipinski definition) is 0. The summed E-state index contributed by atoms with van der Waals surface area (Å²) in [6, 6.07) is 8.19. The third-order valence-electron chi connectivity index (χ3n) is 6.36. The van der Waals surface area contributed by atoms with Gasteiger partial charge in [-0.2, -0.15) is 10.4 Å². The molecule has 1 aliphatic rings. The summed E-state index contributed by atoms with van der Waals surface area (Å²) >= 11 is 0. The minimum absolute atomic E-state index is 0.507. The highest BCUT2D eigenvalue weighted by Crippen LogP contribution is 2.32. The Bertz CT molecular complexity index is 1460. The predicted molar refractivity (Wildman–Crippen MR) is 134 cm³/mol. The molecule has 1 saturated heterocycles. The first kappa shape index (κ1) is 23.3. The smallest absolute Gasteiger partial charge is 0.138 e. The largest absolute Gasteiger partial charge is 0.492 e. The molecule has 0 unspecified atom stereocenters. The van der Waals surface area contributed by atoms with E-state index in [-0.39, 0.29) is 0 Å². The fourth-order valence-corrected chi connectivity index (χ4v) is 4.40. The van der Waals surface area contributed by atoms with E-state index in [1.807, 2.05) is 31.3 Å². The number of methoxy groups -OCH3 is 1. The Balaban J connectivity index is 1.36. The molecule has 0 bridgehead atoms. The summed E-state index contributed by atoms with van der Waals surface area (Å²) in [5.74, 6) is 8.02. The lowest BCUT2D eigenvalue weighted by atomic mass is 9.91. The molecule has 5 heterocycles. The highest BCUT2D eigenvalue weighted by molar-refractivity contribution is 5.85. The zero-order chi connectivity index (χ0) is 25.0. The summed E-state index contributed by atoms with van der Waals surface area (Å²) in [6.45, 7) is 4.01. The minimum atomic E-state index is -0.507. The Morgan fingerprint density at radius 3 is 2.58 bits per heavy atom. The van der Waals surface area contributed by atoms with Crippen LogP contribution >= 0.6 is 0 Å². The Hall–Kier alpha value is -4.47. The van der Waals surface area contributed by atoms with Crippen molar-refractivity contribution in [3.63, 3.8) is 0 Å². The maximum absolute atomic E-state index is 9.57. The van der Waals surface area contributed by atoms with Crippen molar-refractivity contribution in [2.45, 2.75) is 25.4 Å². The predicted octanol–water partition coefficient (Wildman–Crippen LogP) is 3.49. The number of anilines is 1. The molecule has 4 aromatic heterocycles. The zero-order valence-electron chi connectivity index (χ0n) is 20.2. The molecule has 9 heteroatoms. The van der Waals surface area contributed by atoms with Gasteiger partial charge in [0, 0.05) is 62.8 Å². The minimum Gasteiger partial charge on any atom is -0.492 e. The average Bonchev–Trinajstić information content (AvgIpc) is 3.36. The number of fused-ring (bicyclic) bond motifs is 1. The SMILES string of the molecule is CCOc1cc(-c2ccc(N3CCC(C#Cc4cncnc4)(OC)CC3)nc2)c2c(C#N)cnn2c1. The molecule has 0 N–H and O–H groups in total. The van der Waals surface area contributed by atoms with Crippen molar-refractivity contribution >= 4 is 11.3 Å². The summed E-state index contributed by atoms with van der Waals surface area (Å²) in [7, 11) is 1.71. The van der Waals surface area contributed by atoms with E-state index in [9.17, 15) is 5.26 Å². The summed E-state index contributed by atoms with van der Waals surface area (Å²) in [6.07, 6.45) is 11.6. The normalized spacial score (nSPS) is 14.6. The van der Waals surface area contributed by atoms with E-state index >= 15 is 0 Å². The van der Waals surface area contributed by atoms with Crippen molar-refractivity contribution < 1.29 is 9.47 Å². The van der Waals surface area contributed by atoms with Gasteiger partial charge in [0.25, 0.3) is 0 Å².